The zero-order valence-electron chi connectivity index (χ0n) is 13.5. The Hall–Kier alpha value is -2.37. The predicted molar refractivity (Wildman–Crippen MR) is 88.2 cm³/mol. The summed E-state index contributed by atoms with van der Waals surface area (Å²) in [6.45, 7) is 5.79. The molecule has 6 nitrogen and oxygen atoms in total. The highest BCUT2D eigenvalue weighted by Crippen LogP contribution is 2.33. The van der Waals surface area contributed by atoms with Crippen LogP contribution in [0.15, 0.2) is 24.7 Å². The summed E-state index contributed by atoms with van der Waals surface area (Å²) in [5.74, 6) is 2.02. The number of fused-ring (bicyclic) bond motifs is 3. The Morgan fingerprint density at radius 2 is 2.22 bits per heavy atom. The van der Waals surface area contributed by atoms with Gasteiger partial charge in [-0.1, -0.05) is 13.8 Å². The number of hydrogen-bond donors (Lipinski definition) is 1. The third-order valence-corrected chi connectivity index (χ3v) is 5.03. The summed E-state index contributed by atoms with van der Waals surface area (Å²) in [5, 5.41) is 0. The van der Waals surface area contributed by atoms with E-state index in [-0.39, 0.29) is 11.8 Å². The molecule has 1 saturated heterocycles. The van der Waals surface area contributed by atoms with Gasteiger partial charge in [0.2, 0.25) is 5.91 Å². The zero-order valence-corrected chi connectivity index (χ0v) is 13.5. The lowest BCUT2D eigenvalue weighted by molar-refractivity contribution is -0.132. The topological polar surface area (TPSA) is 66.3 Å². The normalized spacial score (nSPS) is 22.1. The molecule has 0 aromatic carbocycles. The second-order valence-corrected chi connectivity index (χ2v) is 6.41. The van der Waals surface area contributed by atoms with Crippen LogP contribution in [-0.2, 0) is 4.79 Å². The van der Waals surface area contributed by atoms with Gasteiger partial charge in [0.1, 0.15) is 5.82 Å². The molecule has 1 aliphatic heterocycles. The maximum atomic E-state index is 12.1. The second kappa shape index (κ2) is 5.37. The summed E-state index contributed by atoms with van der Waals surface area (Å²) in [6, 6.07) is 2.03. The van der Waals surface area contributed by atoms with Crippen molar-refractivity contribution in [3.63, 3.8) is 0 Å². The first-order valence-electron chi connectivity index (χ1n) is 8.26. The lowest BCUT2D eigenvalue weighted by Crippen LogP contribution is -2.42. The van der Waals surface area contributed by atoms with Crippen molar-refractivity contribution in [1.82, 2.24) is 24.3 Å². The molecule has 3 aromatic rings. The van der Waals surface area contributed by atoms with Gasteiger partial charge in [-0.15, -0.1) is 0 Å². The van der Waals surface area contributed by atoms with E-state index in [4.69, 9.17) is 0 Å². The number of aromatic nitrogens is 4. The third-order valence-electron chi connectivity index (χ3n) is 5.03. The fourth-order valence-electron chi connectivity index (χ4n) is 3.62. The van der Waals surface area contributed by atoms with E-state index in [1.165, 1.54) is 0 Å². The molecule has 0 saturated carbocycles. The number of amides is 1. The number of carbonyl (C=O) groups is 1. The van der Waals surface area contributed by atoms with Crippen molar-refractivity contribution in [2.75, 3.05) is 13.1 Å². The summed E-state index contributed by atoms with van der Waals surface area (Å²) < 4.78 is 2.18. The molecular weight excluding hydrogens is 290 g/mol. The minimum absolute atomic E-state index is 0.233. The van der Waals surface area contributed by atoms with Gasteiger partial charge in [-0.05, 0) is 18.4 Å². The van der Waals surface area contributed by atoms with Crippen LogP contribution >= 0.6 is 0 Å². The SMILES string of the molecule is CCC(=O)N1CCC(C)C(c2ncc3cnc4[nH]ccc4n23)C1. The first-order valence-corrected chi connectivity index (χ1v) is 8.26. The van der Waals surface area contributed by atoms with E-state index in [1.807, 2.05) is 36.5 Å². The number of nitrogens with one attached hydrogen (secondary N) is 1. The lowest BCUT2D eigenvalue weighted by atomic mass is 9.86. The summed E-state index contributed by atoms with van der Waals surface area (Å²) in [4.78, 5) is 26.4. The molecule has 2 atom stereocenters. The van der Waals surface area contributed by atoms with E-state index in [9.17, 15) is 4.79 Å². The molecule has 120 valence electrons. The molecule has 4 rings (SSSR count). The van der Waals surface area contributed by atoms with Crippen molar-refractivity contribution in [2.24, 2.45) is 5.92 Å². The summed E-state index contributed by atoms with van der Waals surface area (Å²) in [5.41, 5.74) is 2.90. The third kappa shape index (κ3) is 2.20. The van der Waals surface area contributed by atoms with Crippen LogP contribution in [0.5, 0.6) is 0 Å². The van der Waals surface area contributed by atoms with Gasteiger partial charge >= 0.3 is 0 Å². The molecule has 0 spiro atoms. The highest BCUT2D eigenvalue weighted by Gasteiger charge is 2.32. The van der Waals surface area contributed by atoms with Crippen molar-refractivity contribution in [2.45, 2.75) is 32.6 Å². The van der Waals surface area contributed by atoms with Gasteiger partial charge in [0, 0.05) is 31.6 Å². The molecule has 0 radical (unpaired) electrons. The first kappa shape index (κ1) is 14.2. The van der Waals surface area contributed by atoms with Crippen LogP contribution < -0.4 is 0 Å². The Kier molecular flexibility index (Phi) is 3.32. The van der Waals surface area contributed by atoms with Crippen molar-refractivity contribution in [1.29, 1.82) is 0 Å². The van der Waals surface area contributed by atoms with Gasteiger partial charge < -0.3 is 9.88 Å². The monoisotopic (exact) mass is 311 g/mol. The van der Waals surface area contributed by atoms with Crippen molar-refractivity contribution in [3.05, 3.63) is 30.5 Å². The van der Waals surface area contributed by atoms with Crippen molar-refractivity contribution in [3.8, 4) is 0 Å². The van der Waals surface area contributed by atoms with Crippen LogP contribution in [0, 0.1) is 5.92 Å². The maximum Gasteiger partial charge on any atom is 0.222 e. The van der Waals surface area contributed by atoms with Crippen molar-refractivity contribution < 1.29 is 4.79 Å². The Morgan fingerprint density at radius 3 is 3.04 bits per heavy atom. The molecule has 1 N–H and O–H groups in total. The van der Waals surface area contributed by atoms with E-state index in [1.54, 1.807) is 0 Å². The van der Waals surface area contributed by atoms with Gasteiger partial charge in [0.05, 0.1) is 23.4 Å². The summed E-state index contributed by atoms with van der Waals surface area (Å²) in [7, 11) is 0. The number of likely N-dealkylation sites (tertiary alicyclic amines) is 1. The molecule has 0 bridgehead atoms. The largest absolute Gasteiger partial charge is 0.345 e. The Labute approximate surface area is 134 Å². The number of hydrogen-bond acceptors (Lipinski definition) is 3. The van der Waals surface area contributed by atoms with Crippen LogP contribution in [-0.4, -0.2) is 43.2 Å². The fourth-order valence-corrected chi connectivity index (χ4v) is 3.62. The first-order chi connectivity index (χ1) is 11.2. The number of rotatable bonds is 2. The van der Waals surface area contributed by atoms with Gasteiger partial charge in [0.25, 0.3) is 0 Å². The molecule has 23 heavy (non-hydrogen) atoms. The van der Waals surface area contributed by atoms with Gasteiger partial charge in [-0.25, -0.2) is 9.97 Å². The number of carbonyl (C=O) groups excluding carboxylic acids is 1. The minimum Gasteiger partial charge on any atom is -0.345 e. The molecular formula is C17H21N5O. The standard InChI is InChI=1S/C17H21N5O/c1-3-15(23)21-7-5-11(2)13(10-21)17-20-9-12-8-19-16-14(22(12)17)4-6-18-16/h4,6,8-9,11,13,18H,3,5,7,10H2,1-2H3. The number of H-pyrrole nitrogens is 1. The Bertz CT molecular complexity index is 864. The van der Waals surface area contributed by atoms with E-state index in [0.717, 1.165) is 42.0 Å². The average molecular weight is 311 g/mol. The number of aromatic amines is 1. The quantitative estimate of drug-likeness (QED) is 0.791. The smallest absolute Gasteiger partial charge is 0.222 e. The predicted octanol–water partition coefficient (Wildman–Crippen LogP) is 2.57. The van der Waals surface area contributed by atoms with Crippen LogP contribution in [0.4, 0.5) is 0 Å². The Morgan fingerprint density at radius 1 is 1.39 bits per heavy atom. The zero-order chi connectivity index (χ0) is 16.0. The van der Waals surface area contributed by atoms with Crippen LogP contribution in [0.25, 0.3) is 16.7 Å². The molecule has 1 aliphatic rings. The molecule has 4 heterocycles. The highest BCUT2D eigenvalue weighted by molar-refractivity contribution is 5.76. The van der Waals surface area contributed by atoms with Crippen LogP contribution in [0.2, 0.25) is 0 Å². The second-order valence-electron chi connectivity index (χ2n) is 6.41. The average Bonchev–Trinajstić information content (AvgIpc) is 3.20. The molecule has 1 fully saturated rings. The molecule has 2 unspecified atom stereocenters. The van der Waals surface area contributed by atoms with Gasteiger partial charge in [0.15, 0.2) is 5.65 Å². The number of imidazole rings is 1. The van der Waals surface area contributed by atoms with E-state index < -0.39 is 0 Å². The van der Waals surface area contributed by atoms with E-state index in [0.29, 0.717) is 12.3 Å². The minimum atomic E-state index is 0.233. The Balaban J connectivity index is 1.80. The van der Waals surface area contributed by atoms with E-state index in [2.05, 4.69) is 26.3 Å². The molecule has 6 heteroatoms. The van der Waals surface area contributed by atoms with Crippen LogP contribution in [0.1, 0.15) is 38.4 Å². The summed E-state index contributed by atoms with van der Waals surface area (Å²) in [6.07, 6.45) is 7.21. The lowest BCUT2D eigenvalue weighted by Gasteiger charge is -2.36. The molecule has 3 aromatic heterocycles. The number of nitrogens with zero attached hydrogens (tertiary/aromatic N) is 4. The van der Waals surface area contributed by atoms with Crippen molar-refractivity contribution >= 4 is 22.6 Å². The maximum absolute atomic E-state index is 12.1. The molecule has 1 amide bonds. The number of piperidine rings is 1. The van der Waals surface area contributed by atoms with E-state index >= 15 is 0 Å². The van der Waals surface area contributed by atoms with Crippen LogP contribution in [0.3, 0.4) is 0 Å². The summed E-state index contributed by atoms with van der Waals surface area (Å²) >= 11 is 0. The molecule has 0 aliphatic carbocycles. The van der Waals surface area contributed by atoms with Gasteiger partial charge in [-0.2, -0.15) is 0 Å². The highest BCUT2D eigenvalue weighted by atomic mass is 16.2. The fraction of sp³-hybridized carbons (Fsp3) is 0.471. The van der Waals surface area contributed by atoms with Gasteiger partial charge in [-0.3, -0.25) is 9.20 Å².